The lowest BCUT2D eigenvalue weighted by Crippen LogP contribution is -2.17. The number of rotatable bonds is 7. The van der Waals surface area contributed by atoms with Gasteiger partial charge in [-0.15, -0.1) is 0 Å². The van der Waals surface area contributed by atoms with Gasteiger partial charge in [-0.05, 0) is 31.8 Å². The Morgan fingerprint density at radius 1 is 1.31 bits per heavy atom. The summed E-state index contributed by atoms with van der Waals surface area (Å²) < 4.78 is 5.13. The van der Waals surface area contributed by atoms with Crippen LogP contribution in [-0.4, -0.2) is 23.3 Å². The maximum Gasteiger partial charge on any atom is 0.331 e. The van der Waals surface area contributed by atoms with E-state index in [9.17, 15) is 4.79 Å². The minimum absolute atomic E-state index is 0.0238. The lowest BCUT2D eigenvalue weighted by molar-refractivity contribution is -0.140. The van der Waals surface area contributed by atoms with Crippen molar-refractivity contribution in [2.45, 2.75) is 58.2 Å². The first-order chi connectivity index (χ1) is 7.59. The fourth-order valence-electron chi connectivity index (χ4n) is 1.94. The summed E-state index contributed by atoms with van der Waals surface area (Å²) in [5.41, 5.74) is 0. The van der Waals surface area contributed by atoms with E-state index < -0.39 is 0 Å². The average molecular weight is 226 g/mol. The zero-order chi connectivity index (χ0) is 12.0. The Balaban J connectivity index is 2.04. The van der Waals surface area contributed by atoms with Gasteiger partial charge in [0.2, 0.25) is 0 Å². The van der Waals surface area contributed by atoms with Gasteiger partial charge in [0.15, 0.2) is 0 Å². The van der Waals surface area contributed by atoms with E-state index in [4.69, 9.17) is 9.84 Å². The van der Waals surface area contributed by atoms with E-state index in [2.05, 4.69) is 6.92 Å². The number of carbonyl (C=O) groups is 1. The standard InChI is InChI=1S/C13H22O3/c1-10(12-8-9-13(15)16-12)6-4-3-5-7-11(2)14/h8-12,14H,3-7H2,1-2H3/t10-,11+,12-/m0/s1. The first kappa shape index (κ1) is 13.2. The number of unbranched alkanes of at least 4 members (excludes halogenated alkanes) is 2. The average Bonchev–Trinajstić information content (AvgIpc) is 2.63. The third-order valence-electron chi connectivity index (χ3n) is 3.02. The van der Waals surface area contributed by atoms with Crippen LogP contribution in [0, 0.1) is 5.92 Å². The zero-order valence-electron chi connectivity index (χ0n) is 10.2. The van der Waals surface area contributed by atoms with Gasteiger partial charge >= 0.3 is 5.97 Å². The molecule has 1 N–H and O–H groups in total. The third-order valence-corrected chi connectivity index (χ3v) is 3.02. The second-order valence-electron chi connectivity index (χ2n) is 4.72. The number of aliphatic hydroxyl groups excluding tert-OH is 1. The molecule has 0 bridgehead atoms. The molecule has 0 saturated carbocycles. The summed E-state index contributed by atoms with van der Waals surface area (Å²) in [6, 6.07) is 0. The number of hydrogen-bond donors (Lipinski definition) is 1. The fourth-order valence-corrected chi connectivity index (χ4v) is 1.94. The highest BCUT2D eigenvalue weighted by Crippen LogP contribution is 2.20. The largest absolute Gasteiger partial charge is 0.455 e. The van der Waals surface area contributed by atoms with Crippen molar-refractivity contribution in [2.75, 3.05) is 0 Å². The van der Waals surface area contributed by atoms with Crippen molar-refractivity contribution in [3.8, 4) is 0 Å². The van der Waals surface area contributed by atoms with E-state index in [1.54, 1.807) is 0 Å². The number of hydrogen-bond acceptors (Lipinski definition) is 3. The molecular weight excluding hydrogens is 204 g/mol. The number of carbonyl (C=O) groups excluding carboxylic acids is 1. The Labute approximate surface area is 97.5 Å². The molecule has 0 radical (unpaired) electrons. The summed E-state index contributed by atoms with van der Waals surface area (Å²) in [7, 11) is 0. The van der Waals surface area contributed by atoms with Gasteiger partial charge in [-0.3, -0.25) is 0 Å². The van der Waals surface area contributed by atoms with Crippen LogP contribution in [-0.2, 0) is 9.53 Å². The normalized spacial score (nSPS) is 23.2. The quantitative estimate of drug-likeness (QED) is 0.535. The highest BCUT2D eigenvalue weighted by atomic mass is 16.5. The minimum Gasteiger partial charge on any atom is -0.455 e. The highest BCUT2D eigenvalue weighted by molar-refractivity contribution is 5.84. The van der Waals surface area contributed by atoms with Gasteiger partial charge in [-0.25, -0.2) is 4.79 Å². The van der Waals surface area contributed by atoms with Crippen LogP contribution in [0.1, 0.15) is 46.0 Å². The predicted molar refractivity (Wildman–Crippen MR) is 62.9 cm³/mol. The van der Waals surface area contributed by atoms with Crippen molar-refractivity contribution in [2.24, 2.45) is 5.92 Å². The Kier molecular flexibility index (Phi) is 5.53. The van der Waals surface area contributed by atoms with Gasteiger partial charge in [0.1, 0.15) is 6.10 Å². The summed E-state index contributed by atoms with van der Waals surface area (Å²) in [5.74, 6) is 0.181. The first-order valence-corrected chi connectivity index (χ1v) is 6.16. The SMILES string of the molecule is C[C@@H](O)CCCCC[C@H](C)[C@@H]1C=CC(=O)O1. The Bertz CT molecular complexity index is 246. The van der Waals surface area contributed by atoms with Crippen LogP contribution in [0.2, 0.25) is 0 Å². The number of aliphatic hydroxyl groups is 1. The maximum absolute atomic E-state index is 10.9. The summed E-state index contributed by atoms with van der Waals surface area (Å²) in [6.07, 6.45) is 8.45. The van der Waals surface area contributed by atoms with Crippen molar-refractivity contribution in [1.82, 2.24) is 0 Å². The van der Waals surface area contributed by atoms with Gasteiger partial charge in [0.25, 0.3) is 0 Å². The molecule has 0 saturated heterocycles. The molecule has 0 aromatic heterocycles. The van der Waals surface area contributed by atoms with Gasteiger partial charge in [-0.1, -0.05) is 26.2 Å². The summed E-state index contributed by atoms with van der Waals surface area (Å²) in [5, 5.41) is 9.10. The van der Waals surface area contributed by atoms with E-state index >= 15 is 0 Å². The molecular formula is C13H22O3. The molecule has 1 rings (SSSR count). The molecule has 0 spiro atoms. The van der Waals surface area contributed by atoms with Gasteiger partial charge < -0.3 is 9.84 Å². The second-order valence-corrected chi connectivity index (χ2v) is 4.72. The van der Waals surface area contributed by atoms with Gasteiger partial charge in [0.05, 0.1) is 6.10 Å². The van der Waals surface area contributed by atoms with Crippen LogP contribution in [0.3, 0.4) is 0 Å². The number of esters is 1. The van der Waals surface area contributed by atoms with Crippen molar-refractivity contribution >= 4 is 5.97 Å². The predicted octanol–water partition coefficient (Wildman–Crippen LogP) is 2.44. The zero-order valence-corrected chi connectivity index (χ0v) is 10.2. The van der Waals surface area contributed by atoms with Crippen molar-refractivity contribution in [3.05, 3.63) is 12.2 Å². The molecule has 1 aliphatic heterocycles. The monoisotopic (exact) mass is 226 g/mol. The molecule has 92 valence electrons. The summed E-state index contributed by atoms with van der Waals surface area (Å²) in [4.78, 5) is 10.9. The first-order valence-electron chi connectivity index (χ1n) is 6.16. The van der Waals surface area contributed by atoms with E-state index in [1.807, 2.05) is 13.0 Å². The van der Waals surface area contributed by atoms with Crippen LogP contribution in [0.5, 0.6) is 0 Å². The van der Waals surface area contributed by atoms with Crippen molar-refractivity contribution in [3.63, 3.8) is 0 Å². The van der Waals surface area contributed by atoms with Crippen LogP contribution in [0.25, 0.3) is 0 Å². The maximum atomic E-state index is 10.9. The molecule has 3 heteroatoms. The fraction of sp³-hybridized carbons (Fsp3) is 0.769. The lowest BCUT2D eigenvalue weighted by atomic mass is 9.97. The van der Waals surface area contributed by atoms with Crippen LogP contribution in [0.15, 0.2) is 12.2 Å². The molecule has 0 amide bonds. The van der Waals surface area contributed by atoms with E-state index in [-0.39, 0.29) is 18.2 Å². The Morgan fingerprint density at radius 3 is 2.56 bits per heavy atom. The highest BCUT2D eigenvalue weighted by Gasteiger charge is 2.22. The molecule has 1 aliphatic rings. The van der Waals surface area contributed by atoms with Crippen LogP contribution < -0.4 is 0 Å². The van der Waals surface area contributed by atoms with E-state index in [0.29, 0.717) is 5.92 Å². The number of ether oxygens (including phenoxy) is 1. The molecule has 3 nitrogen and oxygen atoms in total. The molecule has 0 aromatic carbocycles. The molecule has 3 atom stereocenters. The van der Waals surface area contributed by atoms with Crippen molar-refractivity contribution in [1.29, 1.82) is 0 Å². The van der Waals surface area contributed by atoms with Crippen LogP contribution in [0.4, 0.5) is 0 Å². The molecule has 0 unspecified atom stereocenters. The molecule has 0 aromatic rings. The summed E-state index contributed by atoms with van der Waals surface area (Å²) in [6.45, 7) is 3.94. The smallest absolute Gasteiger partial charge is 0.331 e. The molecule has 16 heavy (non-hydrogen) atoms. The van der Waals surface area contributed by atoms with Crippen molar-refractivity contribution < 1.29 is 14.6 Å². The molecule has 0 fully saturated rings. The lowest BCUT2D eigenvalue weighted by Gasteiger charge is -2.17. The minimum atomic E-state index is -0.217. The van der Waals surface area contributed by atoms with Gasteiger partial charge in [0, 0.05) is 6.08 Å². The van der Waals surface area contributed by atoms with Gasteiger partial charge in [-0.2, -0.15) is 0 Å². The van der Waals surface area contributed by atoms with E-state index in [0.717, 1.165) is 32.1 Å². The Morgan fingerprint density at radius 2 is 2.00 bits per heavy atom. The van der Waals surface area contributed by atoms with Crippen LogP contribution >= 0.6 is 0 Å². The Hall–Kier alpha value is -0.830. The second kappa shape index (κ2) is 6.69. The molecule has 0 aliphatic carbocycles. The number of cyclic esters (lactones) is 1. The third kappa shape index (κ3) is 4.79. The van der Waals surface area contributed by atoms with E-state index in [1.165, 1.54) is 6.08 Å². The summed E-state index contributed by atoms with van der Waals surface area (Å²) >= 11 is 0. The molecule has 1 heterocycles. The topological polar surface area (TPSA) is 46.5 Å².